The van der Waals surface area contributed by atoms with Gasteiger partial charge in [0.2, 0.25) is 0 Å². The molecule has 0 aromatic carbocycles. The number of nitrogens with zero attached hydrogens (tertiary/aromatic N) is 1. The maximum absolute atomic E-state index is 5.83. The van der Waals surface area contributed by atoms with Crippen molar-refractivity contribution in [3.8, 4) is 0 Å². The molecule has 0 spiro atoms. The highest BCUT2D eigenvalue weighted by Crippen LogP contribution is 2.11. The average Bonchev–Trinajstić information content (AvgIpc) is 2.23. The van der Waals surface area contributed by atoms with E-state index in [1.165, 1.54) is 0 Å². The van der Waals surface area contributed by atoms with Crippen molar-refractivity contribution in [3.05, 3.63) is 0 Å². The first kappa shape index (κ1) is 14.2. The van der Waals surface area contributed by atoms with E-state index in [4.69, 9.17) is 21.1 Å². The molecule has 1 rings (SSSR count). The Kier molecular flexibility index (Phi) is 6.66. The highest BCUT2D eigenvalue weighted by molar-refractivity contribution is 6.18. The van der Waals surface area contributed by atoms with Gasteiger partial charge in [-0.3, -0.25) is 4.90 Å². The summed E-state index contributed by atoms with van der Waals surface area (Å²) in [7, 11) is 0. The normalized spacial score (nSPS) is 27.6. The Morgan fingerprint density at radius 2 is 2.19 bits per heavy atom. The number of alkyl halides is 1. The molecule has 3 nitrogen and oxygen atoms in total. The number of rotatable bonds is 6. The summed E-state index contributed by atoms with van der Waals surface area (Å²) in [6.45, 7) is 11.0. The zero-order valence-corrected chi connectivity index (χ0v) is 11.4. The second kappa shape index (κ2) is 7.49. The molecule has 0 N–H and O–H groups in total. The lowest BCUT2D eigenvalue weighted by Gasteiger charge is -2.35. The Balaban J connectivity index is 2.15. The van der Waals surface area contributed by atoms with Gasteiger partial charge in [0.25, 0.3) is 0 Å². The molecule has 1 aliphatic rings. The van der Waals surface area contributed by atoms with Gasteiger partial charge in [0.1, 0.15) is 0 Å². The van der Waals surface area contributed by atoms with Crippen LogP contribution >= 0.6 is 11.6 Å². The highest BCUT2D eigenvalue weighted by atomic mass is 35.5. The van der Waals surface area contributed by atoms with E-state index in [-0.39, 0.29) is 12.2 Å². The molecule has 1 fully saturated rings. The number of halogens is 1. The predicted octanol–water partition coefficient (Wildman–Crippen LogP) is 1.99. The first-order valence-corrected chi connectivity index (χ1v) is 6.66. The molecule has 0 aromatic heterocycles. The van der Waals surface area contributed by atoms with E-state index < -0.39 is 0 Å². The molecule has 1 heterocycles. The van der Waals surface area contributed by atoms with Gasteiger partial charge in [-0.05, 0) is 12.8 Å². The molecule has 2 unspecified atom stereocenters. The van der Waals surface area contributed by atoms with Crippen molar-refractivity contribution < 1.29 is 9.47 Å². The van der Waals surface area contributed by atoms with Crippen molar-refractivity contribution in [3.63, 3.8) is 0 Å². The van der Waals surface area contributed by atoms with Crippen LogP contribution in [0.5, 0.6) is 0 Å². The summed E-state index contributed by atoms with van der Waals surface area (Å²) in [4.78, 5) is 2.38. The van der Waals surface area contributed by atoms with Crippen LogP contribution in [0.4, 0.5) is 0 Å². The minimum atomic E-state index is 0.176. The Bertz CT molecular complexity index is 190. The third kappa shape index (κ3) is 5.48. The van der Waals surface area contributed by atoms with E-state index in [1.807, 2.05) is 0 Å². The van der Waals surface area contributed by atoms with Gasteiger partial charge in [-0.2, -0.15) is 0 Å². The summed E-state index contributed by atoms with van der Waals surface area (Å²) in [6, 6.07) is 0. The monoisotopic (exact) mass is 249 g/mol. The standard InChI is InChI=1S/C12H24ClNO2/c1-10(2)9-15-5-4-14-7-11(3)16-12(6-13)8-14/h10-12H,4-9H2,1-3H3. The molecule has 0 aromatic rings. The van der Waals surface area contributed by atoms with Crippen LogP contribution < -0.4 is 0 Å². The van der Waals surface area contributed by atoms with Gasteiger partial charge in [-0.1, -0.05) is 13.8 Å². The van der Waals surface area contributed by atoms with Crippen LogP contribution in [-0.4, -0.2) is 55.8 Å². The molecule has 0 saturated carbocycles. The Labute approximate surface area is 104 Å². The number of ether oxygens (including phenoxy) is 2. The molecule has 4 heteroatoms. The molecule has 0 amide bonds. The molecule has 1 aliphatic heterocycles. The van der Waals surface area contributed by atoms with Crippen molar-refractivity contribution in [1.29, 1.82) is 0 Å². The summed E-state index contributed by atoms with van der Waals surface area (Å²) >= 11 is 5.83. The van der Waals surface area contributed by atoms with Crippen LogP contribution in [0.15, 0.2) is 0 Å². The Morgan fingerprint density at radius 1 is 1.44 bits per heavy atom. The van der Waals surface area contributed by atoms with Crippen LogP contribution in [0.2, 0.25) is 0 Å². The van der Waals surface area contributed by atoms with Crippen LogP contribution in [0.25, 0.3) is 0 Å². The van der Waals surface area contributed by atoms with Crippen LogP contribution in [-0.2, 0) is 9.47 Å². The third-order valence-corrected chi connectivity index (χ3v) is 2.92. The van der Waals surface area contributed by atoms with Crippen molar-refractivity contribution in [1.82, 2.24) is 4.90 Å². The van der Waals surface area contributed by atoms with Crippen molar-refractivity contribution >= 4 is 11.6 Å². The first-order chi connectivity index (χ1) is 7.61. The first-order valence-electron chi connectivity index (χ1n) is 6.13. The van der Waals surface area contributed by atoms with E-state index in [0.717, 1.165) is 32.8 Å². The Morgan fingerprint density at radius 3 is 2.81 bits per heavy atom. The number of morpholine rings is 1. The maximum atomic E-state index is 5.83. The summed E-state index contributed by atoms with van der Waals surface area (Å²) < 4.78 is 11.3. The third-order valence-electron chi connectivity index (χ3n) is 2.58. The SMILES string of the molecule is CC(C)COCCN1CC(C)OC(CCl)C1. The second-order valence-electron chi connectivity index (χ2n) is 4.95. The zero-order chi connectivity index (χ0) is 12.0. The fourth-order valence-electron chi connectivity index (χ4n) is 1.92. The fourth-order valence-corrected chi connectivity index (χ4v) is 2.09. The lowest BCUT2D eigenvalue weighted by atomic mass is 10.2. The largest absolute Gasteiger partial charge is 0.380 e. The van der Waals surface area contributed by atoms with E-state index in [0.29, 0.717) is 11.8 Å². The van der Waals surface area contributed by atoms with E-state index >= 15 is 0 Å². The van der Waals surface area contributed by atoms with Crippen LogP contribution in [0.1, 0.15) is 20.8 Å². The van der Waals surface area contributed by atoms with E-state index in [2.05, 4.69) is 25.7 Å². The zero-order valence-electron chi connectivity index (χ0n) is 10.6. The fraction of sp³-hybridized carbons (Fsp3) is 1.00. The number of hydrogen-bond donors (Lipinski definition) is 0. The van der Waals surface area contributed by atoms with E-state index in [1.54, 1.807) is 0 Å². The summed E-state index contributed by atoms with van der Waals surface area (Å²) in [5, 5.41) is 0. The molecule has 96 valence electrons. The highest BCUT2D eigenvalue weighted by Gasteiger charge is 2.23. The van der Waals surface area contributed by atoms with Crippen molar-refractivity contribution in [2.24, 2.45) is 5.92 Å². The Hall–Kier alpha value is 0.170. The quantitative estimate of drug-likeness (QED) is 0.531. The average molecular weight is 250 g/mol. The molecule has 0 bridgehead atoms. The molecular weight excluding hydrogens is 226 g/mol. The lowest BCUT2D eigenvalue weighted by Crippen LogP contribution is -2.48. The minimum absolute atomic E-state index is 0.176. The molecule has 0 radical (unpaired) electrons. The van der Waals surface area contributed by atoms with Gasteiger partial charge in [0.05, 0.1) is 18.8 Å². The van der Waals surface area contributed by atoms with Crippen molar-refractivity contribution in [2.45, 2.75) is 33.0 Å². The van der Waals surface area contributed by atoms with Crippen molar-refractivity contribution in [2.75, 3.05) is 38.7 Å². The van der Waals surface area contributed by atoms with Gasteiger partial charge in [-0.15, -0.1) is 11.6 Å². The summed E-state index contributed by atoms with van der Waals surface area (Å²) in [6.07, 6.45) is 0.457. The van der Waals surface area contributed by atoms with Gasteiger partial charge in [0.15, 0.2) is 0 Å². The molecule has 1 saturated heterocycles. The topological polar surface area (TPSA) is 21.7 Å². The maximum Gasteiger partial charge on any atom is 0.0841 e. The van der Waals surface area contributed by atoms with Gasteiger partial charge in [0, 0.05) is 32.1 Å². The molecule has 0 aliphatic carbocycles. The predicted molar refractivity (Wildman–Crippen MR) is 67.2 cm³/mol. The van der Waals surface area contributed by atoms with Gasteiger partial charge in [-0.25, -0.2) is 0 Å². The molecule has 2 atom stereocenters. The smallest absolute Gasteiger partial charge is 0.0841 e. The lowest BCUT2D eigenvalue weighted by molar-refractivity contribution is -0.0720. The minimum Gasteiger partial charge on any atom is -0.380 e. The van der Waals surface area contributed by atoms with E-state index in [9.17, 15) is 0 Å². The number of hydrogen-bond acceptors (Lipinski definition) is 3. The van der Waals surface area contributed by atoms with Gasteiger partial charge < -0.3 is 9.47 Å². The van der Waals surface area contributed by atoms with Gasteiger partial charge >= 0.3 is 0 Å². The van der Waals surface area contributed by atoms with Crippen LogP contribution in [0, 0.1) is 5.92 Å². The second-order valence-corrected chi connectivity index (χ2v) is 5.26. The molecular formula is C12H24ClNO2. The van der Waals surface area contributed by atoms with Crippen LogP contribution in [0.3, 0.4) is 0 Å². The molecule has 16 heavy (non-hydrogen) atoms. The summed E-state index contributed by atoms with van der Waals surface area (Å²) in [5.74, 6) is 1.19. The summed E-state index contributed by atoms with van der Waals surface area (Å²) in [5.41, 5.74) is 0.